The molecule has 2 amide bonds. The number of amides is 2. The second kappa shape index (κ2) is 8.66. The van der Waals surface area contributed by atoms with E-state index in [0.717, 1.165) is 53.6 Å². The van der Waals surface area contributed by atoms with Crippen molar-refractivity contribution in [3.8, 4) is 11.4 Å². The molecule has 1 aliphatic heterocycles. The lowest BCUT2D eigenvalue weighted by Crippen LogP contribution is -2.41. The van der Waals surface area contributed by atoms with Crippen molar-refractivity contribution in [1.82, 2.24) is 29.9 Å². The first-order valence-electron chi connectivity index (χ1n) is 11.8. The van der Waals surface area contributed by atoms with E-state index in [1.54, 1.807) is 16.9 Å². The molecule has 0 aromatic carbocycles. The van der Waals surface area contributed by atoms with Gasteiger partial charge in [-0.15, -0.1) is 5.10 Å². The molecule has 1 saturated heterocycles. The number of morpholine rings is 1. The van der Waals surface area contributed by atoms with E-state index in [2.05, 4.69) is 43.8 Å². The Morgan fingerprint density at radius 2 is 2.06 bits per heavy atom. The Labute approximate surface area is 201 Å². The lowest BCUT2D eigenvalue weighted by Gasteiger charge is -2.32. The largest absolute Gasteiger partial charge is 0.375 e. The van der Waals surface area contributed by atoms with Gasteiger partial charge in [0.05, 0.1) is 24.6 Å². The van der Waals surface area contributed by atoms with E-state index < -0.39 is 0 Å². The number of hydrogen-bond acceptors (Lipinski definition) is 8. The van der Waals surface area contributed by atoms with Gasteiger partial charge in [0, 0.05) is 54.9 Å². The number of ether oxygens (including phenoxy) is 1. The number of carbonyl (C=O) groups is 1. The smallest absolute Gasteiger partial charge is 0.320 e. The number of nitrogens with zero attached hydrogens (tertiary/aromatic N) is 6. The van der Waals surface area contributed by atoms with Crippen LogP contribution in [-0.4, -0.2) is 69.5 Å². The van der Waals surface area contributed by atoms with Gasteiger partial charge in [0.1, 0.15) is 11.6 Å². The quantitative estimate of drug-likeness (QED) is 0.405. The fourth-order valence-corrected chi connectivity index (χ4v) is 4.37. The minimum atomic E-state index is -0.250. The number of rotatable bonds is 5. The van der Waals surface area contributed by atoms with E-state index >= 15 is 0 Å². The summed E-state index contributed by atoms with van der Waals surface area (Å²) in [6.07, 6.45) is 7.69. The normalized spacial score (nSPS) is 18.1. The molecule has 11 nitrogen and oxygen atoms in total. The van der Waals surface area contributed by atoms with Gasteiger partial charge in [0.15, 0.2) is 11.5 Å². The summed E-state index contributed by atoms with van der Waals surface area (Å²) in [5, 5.41) is 15.3. The first-order chi connectivity index (χ1) is 17.1. The van der Waals surface area contributed by atoms with E-state index in [-0.39, 0.29) is 18.2 Å². The van der Waals surface area contributed by atoms with Gasteiger partial charge < -0.3 is 20.3 Å². The van der Waals surface area contributed by atoms with Crippen LogP contribution in [0.1, 0.15) is 19.8 Å². The highest BCUT2D eigenvalue weighted by Crippen LogP contribution is 2.32. The maximum atomic E-state index is 12.3. The fraction of sp³-hybridized carbons (Fsp3) is 0.375. The number of aromatic nitrogens is 5. The van der Waals surface area contributed by atoms with Crippen LogP contribution in [0.25, 0.3) is 27.8 Å². The molecule has 2 aliphatic rings. The monoisotopic (exact) mass is 473 g/mol. The standard InChI is InChI=1S/C24H27N9O2/c1-14-12-32(7-8-35-14)16-5-6-21-30-23(31-33(21)13-16)19-11-27-22(25-2)18-10-26-20(9-17(18)19)29-24(34)28-15-3-4-15/h5-6,9-11,13-15H,3-4,7-8,12H2,1-2H3,(H,25,27)(H2,26,28,29,34). The molecule has 0 radical (unpaired) electrons. The molecule has 6 rings (SSSR count). The molecular weight excluding hydrogens is 446 g/mol. The Morgan fingerprint density at radius 3 is 2.86 bits per heavy atom. The molecule has 0 spiro atoms. The fourth-order valence-electron chi connectivity index (χ4n) is 4.37. The maximum absolute atomic E-state index is 12.3. The summed E-state index contributed by atoms with van der Waals surface area (Å²) < 4.78 is 7.47. The van der Waals surface area contributed by atoms with Crippen molar-refractivity contribution in [2.45, 2.75) is 31.9 Å². The summed E-state index contributed by atoms with van der Waals surface area (Å²) in [4.78, 5) is 28.3. The minimum absolute atomic E-state index is 0.191. The van der Waals surface area contributed by atoms with Gasteiger partial charge in [-0.25, -0.2) is 24.3 Å². The summed E-state index contributed by atoms with van der Waals surface area (Å²) in [5.41, 5.74) is 2.58. The molecule has 2 fully saturated rings. The zero-order chi connectivity index (χ0) is 23.9. The second-order valence-corrected chi connectivity index (χ2v) is 9.01. The van der Waals surface area contributed by atoms with Crippen LogP contribution in [0.4, 0.5) is 22.1 Å². The zero-order valence-electron chi connectivity index (χ0n) is 19.7. The molecule has 1 saturated carbocycles. The third-order valence-corrected chi connectivity index (χ3v) is 6.33. The number of nitrogens with one attached hydrogen (secondary N) is 3. The van der Waals surface area contributed by atoms with Crippen molar-refractivity contribution in [2.24, 2.45) is 0 Å². The molecule has 1 atom stereocenters. The number of fused-ring (bicyclic) bond motifs is 2. The summed E-state index contributed by atoms with van der Waals surface area (Å²) in [6, 6.07) is 5.89. The molecule has 11 heteroatoms. The molecule has 4 aromatic heterocycles. The number of anilines is 3. The highest BCUT2D eigenvalue weighted by atomic mass is 16.5. The summed E-state index contributed by atoms with van der Waals surface area (Å²) in [7, 11) is 1.81. The Hall–Kier alpha value is -3.99. The molecule has 4 aromatic rings. The van der Waals surface area contributed by atoms with Crippen molar-refractivity contribution >= 4 is 39.8 Å². The van der Waals surface area contributed by atoms with Gasteiger partial charge in [-0.3, -0.25) is 5.32 Å². The maximum Gasteiger partial charge on any atom is 0.320 e. The predicted octanol–water partition coefficient (Wildman–Crippen LogP) is 2.89. The van der Waals surface area contributed by atoms with Crippen molar-refractivity contribution in [2.75, 3.05) is 42.3 Å². The topological polar surface area (TPSA) is 122 Å². The van der Waals surface area contributed by atoms with Crippen LogP contribution in [0.15, 0.2) is 36.8 Å². The molecular formula is C24H27N9O2. The molecule has 1 unspecified atom stereocenters. The predicted molar refractivity (Wildman–Crippen MR) is 134 cm³/mol. The second-order valence-electron chi connectivity index (χ2n) is 9.01. The third kappa shape index (κ3) is 4.30. The summed E-state index contributed by atoms with van der Waals surface area (Å²) in [5.74, 6) is 1.70. The van der Waals surface area contributed by atoms with Gasteiger partial charge in [0.2, 0.25) is 0 Å². The van der Waals surface area contributed by atoms with Crippen LogP contribution < -0.4 is 20.9 Å². The lowest BCUT2D eigenvalue weighted by atomic mass is 10.1. The van der Waals surface area contributed by atoms with Crippen LogP contribution >= 0.6 is 0 Å². The van der Waals surface area contributed by atoms with E-state index in [9.17, 15) is 4.79 Å². The highest BCUT2D eigenvalue weighted by molar-refractivity contribution is 6.02. The molecule has 3 N–H and O–H groups in total. The molecule has 5 heterocycles. The SMILES string of the molecule is CNc1ncc(-c2nc3ccc(N4CCOC(C)C4)cn3n2)c2cc(NC(=O)NC3CC3)ncc12. The van der Waals surface area contributed by atoms with Crippen LogP contribution in [0, 0.1) is 0 Å². The molecule has 35 heavy (non-hydrogen) atoms. The van der Waals surface area contributed by atoms with E-state index in [1.165, 1.54) is 0 Å². The van der Waals surface area contributed by atoms with E-state index in [4.69, 9.17) is 14.8 Å². The lowest BCUT2D eigenvalue weighted by molar-refractivity contribution is 0.0532. The average molecular weight is 474 g/mol. The van der Waals surface area contributed by atoms with Gasteiger partial charge in [0.25, 0.3) is 0 Å². The van der Waals surface area contributed by atoms with E-state index in [1.807, 2.05) is 25.4 Å². The minimum Gasteiger partial charge on any atom is -0.375 e. The molecule has 180 valence electrons. The van der Waals surface area contributed by atoms with Crippen LogP contribution in [0.3, 0.4) is 0 Å². The zero-order valence-corrected chi connectivity index (χ0v) is 19.7. The first kappa shape index (κ1) is 21.5. The van der Waals surface area contributed by atoms with Gasteiger partial charge in [-0.2, -0.15) is 0 Å². The van der Waals surface area contributed by atoms with E-state index in [0.29, 0.717) is 24.1 Å². The highest BCUT2D eigenvalue weighted by Gasteiger charge is 2.24. The average Bonchev–Trinajstić information content (AvgIpc) is 3.57. The molecule has 0 bridgehead atoms. The summed E-state index contributed by atoms with van der Waals surface area (Å²) >= 11 is 0. The van der Waals surface area contributed by atoms with Gasteiger partial charge in [-0.05, 0) is 38.0 Å². The Bertz CT molecular complexity index is 1420. The molecule has 1 aliphatic carbocycles. The van der Waals surface area contributed by atoms with Crippen LogP contribution in [0.2, 0.25) is 0 Å². The number of pyridine rings is 3. The summed E-state index contributed by atoms with van der Waals surface area (Å²) in [6.45, 7) is 4.47. The van der Waals surface area contributed by atoms with Crippen molar-refractivity contribution in [3.05, 3.63) is 36.8 Å². The number of hydrogen-bond donors (Lipinski definition) is 3. The number of urea groups is 1. The van der Waals surface area contributed by atoms with Crippen molar-refractivity contribution < 1.29 is 9.53 Å². The van der Waals surface area contributed by atoms with Gasteiger partial charge >= 0.3 is 6.03 Å². The first-order valence-corrected chi connectivity index (χ1v) is 11.8. The Kier molecular flexibility index (Phi) is 5.33. The third-order valence-electron chi connectivity index (χ3n) is 6.33. The van der Waals surface area contributed by atoms with Gasteiger partial charge in [-0.1, -0.05) is 0 Å². The van der Waals surface area contributed by atoms with Crippen LogP contribution in [0.5, 0.6) is 0 Å². The van der Waals surface area contributed by atoms with Crippen molar-refractivity contribution in [3.63, 3.8) is 0 Å². The van der Waals surface area contributed by atoms with Crippen molar-refractivity contribution in [1.29, 1.82) is 0 Å². The Morgan fingerprint density at radius 1 is 1.17 bits per heavy atom. The number of carbonyl (C=O) groups excluding carboxylic acids is 1. The Balaban J connectivity index is 1.37. The van der Waals surface area contributed by atoms with Crippen LogP contribution in [-0.2, 0) is 4.74 Å².